The van der Waals surface area contributed by atoms with Gasteiger partial charge in [-0.15, -0.1) is 0 Å². The zero-order valence-electron chi connectivity index (χ0n) is 21.5. The van der Waals surface area contributed by atoms with Crippen LogP contribution in [0, 0.1) is 0 Å². The quantitative estimate of drug-likeness (QED) is 0.226. The van der Waals surface area contributed by atoms with Gasteiger partial charge in [-0.05, 0) is 66.5 Å². The molecule has 0 saturated carbocycles. The van der Waals surface area contributed by atoms with Gasteiger partial charge in [0.15, 0.2) is 0 Å². The van der Waals surface area contributed by atoms with Gasteiger partial charge in [0.25, 0.3) is 0 Å². The molecule has 0 unspecified atom stereocenters. The summed E-state index contributed by atoms with van der Waals surface area (Å²) >= 11 is 0. The van der Waals surface area contributed by atoms with Crippen molar-refractivity contribution in [1.82, 2.24) is 0 Å². The molecule has 0 aromatic heterocycles. The monoisotopic (exact) mass is 440 g/mol. The van der Waals surface area contributed by atoms with Gasteiger partial charge < -0.3 is 0 Å². The topological polar surface area (TPSA) is 0 Å². The first kappa shape index (κ1) is 21.5. The highest BCUT2D eigenvalue weighted by molar-refractivity contribution is 6.37. The smallest absolute Gasteiger partial charge is 0.0806 e. The normalized spacial score (nSPS) is 15.1. The molecule has 4 aromatic carbocycles. The molecule has 0 bridgehead atoms. The lowest BCUT2D eigenvalue weighted by atomic mass is 9.68. The third kappa shape index (κ3) is 2.67. The van der Waals surface area contributed by atoms with E-state index in [1.54, 1.807) is 0 Å². The van der Waals surface area contributed by atoms with Gasteiger partial charge >= 0.3 is 0 Å². The lowest BCUT2D eigenvalue weighted by Crippen LogP contribution is -2.28. The second-order valence-electron chi connectivity index (χ2n) is 12.3. The van der Waals surface area contributed by atoms with Crippen molar-refractivity contribution >= 4 is 13.3 Å². The molecule has 6 rings (SSSR count). The van der Waals surface area contributed by atoms with E-state index in [4.69, 9.17) is 0 Å². The molecule has 0 saturated heterocycles. The van der Waals surface area contributed by atoms with E-state index in [9.17, 15) is 0 Å². The summed E-state index contributed by atoms with van der Waals surface area (Å²) in [5, 5.41) is 0. The first-order chi connectivity index (χ1) is 16.0. The molecule has 34 heavy (non-hydrogen) atoms. The molecule has 0 nitrogen and oxygen atoms in total. The number of hydrogen-bond acceptors (Lipinski definition) is 0. The van der Waals surface area contributed by atoms with Gasteiger partial charge in [-0.25, -0.2) is 0 Å². The molecule has 0 heterocycles. The average molecular weight is 440 g/mol. The van der Waals surface area contributed by atoms with Crippen molar-refractivity contribution in [3.8, 4) is 22.3 Å². The summed E-state index contributed by atoms with van der Waals surface area (Å²) in [7, 11) is 2.31. The van der Waals surface area contributed by atoms with Crippen LogP contribution in [0.1, 0.15) is 74.9 Å². The van der Waals surface area contributed by atoms with Crippen LogP contribution in [0.5, 0.6) is 0 Å². The lowest BCUT2D eigenvalue weighted by molar-refractivity contribution is 0.587. The average Bonchev–Trinajstić information content (AvgIpc) is 3.25. The molecule has 0 radical (unpaired) electrons. The molecule has 2 aliphatic rings. The number of fused-ring (bicyclic) bond motifs is 10. The van der Waals surface area contributed by atoms with Crippen molar-refractivity contribution in [2.45, 2.75) is 57.8 Å². The second kappa shape index (κ2) is 6.75. The van der Waals surface area contributed by atoms with Crippen LogP contribution < -0.4 is 5.46 Å². The van der Waals surface area contributed by atoms with Crippen LogP contribution in [0.25, 0.3) is 22.3 Å². The number of benzene rings is 4. The Bertz CT molecular complexity index is 1430. The minimum absolute atomic E-state index is 0.0873. The van der Waals surface area contributed by atoms with E-state index in [0.29, 0.717) is 0 Å². The van der Waals surface area contributed by atoms with Crippen LogP contribution in [0.2, 0.25) is 0 Å². The molecule has 168 valence electrons. The summed E-state index contributed by atoms with van der Waals surface area (Å²) in [4.78, 5) is 0. The fourth-order valence-corrected chi connectivity index (χ4v) is 6.37. The zero-order chi connectivity index (χ0) is 24.0. The Morgan fingerprint density at radius 1 is 0.529 bits per heavy atom. The Balaban J connectivity index is 1.83. The molecule has 0 fully saturated rings. The highest BCUT2D eigenvalue weighted by Gasteiger charge is 2.52. The Morgan fingerprint density at radius 3 is 1.62 bits per heavy atom. The summed E-state index contributed by atoms with van der Waals surface area (Å²) < 4.78 is 0. The highest BCUT2D eigenvalue weighted by Crippen LogP contribution is 2.63. The van der Waals surface area contributed by atoms with Crippen LogP contribution in [0.15, 0.2) is 78.9 Å². The second-order valence-corrected chi connectivity index (χ2v) is 12.3. The predicted molar refractivity (Wildman–Crippen MR) is 148 cm³/mol. The largest absolute Gasteiger partial charge is 0.140 e. The van der Waals surface area contributed by atoms with Crippen LogP contribution in [0.3, 0.4) is 0 Å². The molecule has 0 atom stereocenters. The first-order valence-electron chi connectivity index (χ1n) is 12.5. The predicted octanol–water partition coefficient (Wildman–Crippen LogP) is 6.88. The van der Waals surface area contributed by atoms with Gasteiger partial charge in [0.2, 0.25) is 0 Å². The van der Waals surface area contributed by atoms with Crippen molar-refractivity contribution < 1.29 is 0 Å². The van der Waals surface area contributed by atoms with Gasteiger partial charge in [0, 0.05) is 0 Å². The third-order valence-corrected chi connectivity index (χ3v) is 8.12. The molecule has 0 N–H and O–H groups in total. The Labute approximate surface area is 205 Å². The minimum atomic E-state index is -0.273. The Morgan fingerprint density at radius 2 is 1.06 bits per heavy atom. The fraction of sp³-hybridized carbons (Fsp3) is 0.273. The van der Waals surface area contributed by atoms with E-state index in [2.05, 4.69) is 128 Å². The first-order valence-corrected chi connectivity index (χ1v) is 12.5. The van der Waals surface area contributed by atoms with Crippen molar-refractivity contribution in [2.24, 2.45) is 0 Å². The van der Waals surface area contributed by atoms with E-state index >= 15 is 0 Å². The van der Waals surface area contributed by atoms with Crippen molar-refractivity contribution in [1.29, 1.82) is 0 Å². The number of rotatable bonds is 0. The van der Waals surface area contributed by atoms with E-state index in [0.717, 1.165) is 0 Å². The molecular formula is C33H33B. The summed E-state index contributed by atoms with van der Waals surface area (Å²) in [6.07, 6.45) is 0. The summed E-state index contributed by atoms with van der Waals surface area (Å²) in [5.41, 5.74) is 15.4. The van der Waals surface area contributed by atoms with Gasteiger partial charge in [-0.3, -0.25) is 0 Å². The van der Waals surface area contributed by atoms with Crippen molar-refractivity contribution in [3.63, 3.8) is 0 Å². The number of hydrogen-bond donors (Lipinski definition) is 0. The van der Waals surface area contributed by atoms with Crippen molar-refractivity contribution in [2.75, 3.05) is 0 Å². The van der Waals surface area contributed by atoms with Crippen LogP contribution >= 0.6 is 0 Å². The van der Waals surface area contributed by atoms with E-state index in [1.807, 2.05) is 0 Å². The zero-order valence-corrected chi connectivity index (χ0v) is 21.5. The van der Waals surface area contributed by atoms with Crippen molar-refractivity contribution in [3.05, 3.63) is 112 Å². The van der Waals surface area contributed by atoms with Gasteiger partial charge in [0.05, 0.1) is 5.41 Å². The Hall–Kier alpha value is -3.06. The molecule has 0 aliphatic heterocycles. The van der Waals surface area contributed by atoms with Crippen LogP contribution in [-0.4, -0.2) is 7.85 Å². The SMILES string of the molecule is Bc1cc(C(C)(C)C)cc2c1-c1ccc(C(C)(C)C)cc1C21c2ccccc2-c2ccccc21. The van der Waals surface area contributed by atoms with E-state index < -0.39 is 0 Å². The molecule has 1 heteroatoms. The molecule has 4 aromatic rings. The van der Waals surface area contributed by atoms with Gasteiger partial charge in [-0.2, -0.15) is 0 Å². The standard InChI is InChI=1S/C33H33B/c1-31(2,3)20-15-16-24-27(17-20)33(28-18-21(32(4,5)6)19-29(34)30(24)28)25-13-9-7-11-22(25)23-12-8-10-14-26(23)33/h7-19H,34H2,1-6H3. The Kier molecular flexibility index (Phi) is 4.27. The highest BCUT2D eigenvalue weighted by atomic mass is 14.5. The van der Waals surface area contributed by atoms with E-state index in [-0.39, 0.29) is 16.2 Å². The molecule has 0 amide bonds. The minimum Gasteiger partial charge on any atom is -0.0806 e. The molecule has 1 spiro atoms. The summed E-state index contributed by atoms with van der Waals surface area (Å²) in [5.74, 6) is 0. The fourth-order valence-electron chi connectivity index (χ4n) is 6.37. The maximum atomic E-state index is 2.53. The van der Waals surface area contributed by atoms with E-state index in [1.165, 1.54) is 61.1 Å². The van der Waals surface area contributed by atoms with Gasteiger partial charge in [0.1, 0.15) is 7.85 Å². The lowest BCUT2D eigenvalue weighted by Gasteiger charge is -2.33. The maximum Gasteiger partial charge on any atom is 0.140 e. The molecular weight excluding hydrogens is 407 g/mol. The van der Waals surface area contributed by atoms with Gasteiger partial charge in [-0.1, -0.05) is 126 Å². The molecule has 2 aliphatic carbocycles. The van der Waals surface area contributed by atoms with Crippen LogP contribution in [0.4, 0.5) is 0 Å². The van der Waals surface area contributed by atoms with Crippen LogP contribution in [-0.2, 0) is 16.2 Å². The summed E-state index contributed by atoms with van der Waals surface area (Å²) in [6.45, 7) is 14.0. The maximum absolute atomic E-state index is 2.53. The summed E-state index contributed by atoms with van der Waals surface area (Å²) in [6, 6.07) is 30.4. The third-order valence-electron chi connectivity index (χ3n) is 8.12.